The first-order valence-corrected chi connectivity index (χ1v) is 8.06. The molecule has 0 fully saturated rings. The second kappa shape index (κ2) is 12.7. The summed E-state index contributed by atoms with van der Waals surface area (Å²) in [7, 11) is 3.69. The molecule has 0 aliphatic carbocycles. The maximum Gasteiger partial charge on any atom is 0.251 e. The third-order valence-electron chi connectivity index (χ3n) is 3.60. The van der Waals surface area contributed by atoms with Crippen LogP contribution in [0.3, 0.4) is 0 Å². The van der Waals surface area contributed by atoms with E-state index in [-0.39, 0.29) is 35.7 Å². The zero-order valence-electron chi connectivity index (χ0n) is 15.1. The molecule has 0 heterocycles. The van der Waals surface area contributed by atoms with E-state index in [1.54, 1.807) is 26.1 Å². The fraction of sp³-hybridized carbons (Fsp3) is 0.444. The van der Waals surface area contributed by atoms with E-state index >= 15 is 0 Å². The second-order valence-corrected chi connectivity index (χ2v) is 5.55. The second-order valence-electron chi connectivity index (χ2n) is 5.55. The smallest absolute Gasteiger partial charge is 0.251 e. The molecule has 5 nitrogen and oxygen atoms in total. The van der Waals surface area contributed by atoms with E-state index in [2.05, 4.69) is 22.2 Å². The summed E-state index contributed by atoms with van der Waals surface area (Å²) in [5, 5.41) is 5.95. The fourth-order valence-electron chi connectivity index (χ4n) is 2.15. The van der Waals surface area contributed by atoms with E-state index in [9.17, 15) is 9.18 Å². The largest absolute Gasteiger partial charge is 0.354 e. The van der Waals surface area contributed by atoms with Gasteiger partial charge in [-0.25, -0.2) is 4.39 Å². The van der Waals surface area contributed by atoms with Crippen molar-refractivity contribution < 1.29 is 9.18 Å². The number of aryl methyl sites for hydroxylation is 1. The minimum atomic E-state index is -0.373. The van der Waals surface area contributed by atoms with Crippen molar-refractivity contribution in [3.05, 3.63) is 47.8 Å². The van der Waals surface area contributed by atoms with E-state index in [0.717, 1.165) is 25.3 Å². The summed E-state index contributed by atoms with van der Waals surface area (Å²) in [5.41, 5.74) is 0.848. The Balaban J connectivity index is 0.00000576. The first-order valence-electron chi connectivity index (χ1n) is 8.06. The highest BCUT2D eigenvalue weighted by atomic mass is 127. The topological polar surface area (TPSA) is 56.7 Å². The van der Waals surface area contributed by atoms with Crippen molar-refractivity contribution in [1.82, 2.24) is 15.5 Å². The number of nitrogens with one attached hydrogen (secondary N) is 2. The Morgan fingerprint density at radius 1 is 1.36 bits per heavy atom. The molecule has 0 atom stereocenters. The molecule has 1 aromatic rings. The number of unbranched alkanes of at least 4 members (excludes halogenated alkanes) is 1. The number of guanidine groups is 1. The number of halogens is 2. The average molecular weight is 462 g/mol. The maximum absolute atomic E-state index is 13.5. The van der Waals surface area contributed by atoms with Crippen LogP contribution in [0.25, 0.3) is 0 Å². The van der Waals surface area contributed by atoms with Crippen LogP contribution in [0.4, 0.5) is 4.39 Å². The number of hydrogen-bond acceptors (Lipinski definition) is 2. The van der Waals surface area contributed by atoms with Gasteiger partial charge in [-0.05, 0) is 37.5 Å². The molecular formula is C18H28FIN4O. The Morgan fingerprint density at radius 3 is 2.64 bits per heavy atom. The highest BCUT2D eigenvalue weighted by molar-refractivity contribution is 14.0. The molecule has 25 heavy (non-hydrogen) atoms. The van der Waals surface area contributed by atoms with Crippen LogP contribution in [0.2, 0.25) is 0 Å². The van der Waals surface area contributed by atoms with Gasteiger partial charge < -0.3 is 15.5 Å². The van der Waals surface area contributed by atoms with E-state index in [0.29, 0.717) is 24.2 Å². The molecular weight excluding hydrogens is 434 g/mol. The number of benzene rings is 1. The van der Waals surface area contributed by atoms with Gasteiger partial charge >= 0.3 is 0 Å². The summed E-state index contributed by atoms with van der Waals surface area (Å²) in [6.45, 7) is 7.21. The van der Waals surface area contributed by atoms with E-state index in [1.165, 1.54) is 6.07 Å². The predicted molar refractivity (Wildman–Crippen MR) is 112 cm³/mol. The van der Waals surface area contributed by atoms with Crippen molar-refractivity contribution in [2.24, 2.45) is 4.99 Å². The number of allylic oxidation sites excluding steroid dienone is 1. The highest BCUT2D eigenvalue weighted by Gasteiger charge is 2.08. The van der Waals surface area contributed by atoms with Crippen molar-refractivity contribution in [2.45, 2.75) is 19.8 Å². The minimum absolute atomic E-state index is 0. The lowest BCUT2D eigenvalue weighted by Crippen LogP contribution is -2.42. The van der Waals surface area contributed by atoms with Gasteiger partial charge in [-0.2, -0.15) is 0 Å². The van der Waals surface area contributed by atoms with Crippen LogP contribution in [0, 0.1) is 12.7 Å². The zero-order chi connectivity index (χ0) is 17.9. The first kappa shape index (κ1) is 23.4. The number of hydrogen-bond donors (Lipinski definition) is 2. The van der Waals surface area contributed by atoms with Gasteiger partial charge in [-0.3, -0.25) is 9.79 Å². The summed E-state index contributed by atoms with van der Waals surface area (Å²) >= 11 is 0. The zero-order valence-corrected chi connectivity index (χ0v) is 17.5. The number of aliphatic imine (C=N–C) groups is 1. The third kappa shape index (κ3) is 8.33. The van der Waals surface area contributed by atoms with Crippen LogP contribution in [-0.2, 0) is 0 Å². The predicted octanol–water partition coefficient (Wildman–Crippen LogP) is 2.96. The van der Waals surface area contributed by atoms with E-state index in [4.69, 9.17) is 0 Å². The molecule has 7 heteroatoms. The Kier molecular flexibility index (Phi) is 11.9. The normalized spacial score (nSPS) is 10.6. The molecule has 1 aromatic carbocycles. The molecule has 0 unspecified atom stereocenters. The molecule has 0 aliphatic heterocycles. The molecule has 0 aliphatic rings. The van der Waals surface area contributed by atoms with Crippen LogP contribution in [0.1, 0.15) is 28.8 Å². The fourth-order valence-corrected chi connectivity index (χ4v) is 2.15. The van der Waals surface area contributed by atoms with E-state index < -0.39 is 0 Å². The molecule has 1 rings (SSSR count). The third-order valence-corrected chi connectivity index (χ3v) is 3.60. The summed E-state index contributed by atoms with van der Waals surface area (Å²) in [5.74, 6) is 0.113. The van der Waals surface area contributed by atoms with Crippen LogP contribution >= 0.6 is 24.0 Å². The van der Waals surface area contributed by atoms with Gasteiger partial charge in [0.15, 0.2) is 5.96 Å². The molecule has 0 saturated heterocycles. The summed E-state index contributed by atoms with van der Waals surface area (Å²) in [6, 6.07) is 4.47. The lowest BCUT2D eigenvalue weighted by molar-refractivity contribution is 0.0954. The highest BCUT2D eigenvalue weighted by Crippen LogP contribution is 2.08. The summed E-state index contributed by atoms with van der Waals surface area (Å²) in [6.07, 6.45) is 3.87. The van der Waals surface area contributed by atoms with Crippen molar-refractivity contribution >= 4 is 35.8 Å². The van der Waals surface area contributed by atoms with Crippen LogP contribution in [-0.4, -0.2) is 50.5 Å². The van der Waals surface area contributed by atoms with E-state index in [1.807, 2.05) is 18.0 Å². The van der Waals surface area contributed by atoms with Gasteiger partial charge in [-0.15, -0.1) is 30.6 Å². The Hall–Kier alpha value is -1.64. The van der Waals surface area contributed by atoms with Crippen LogP contribution < -0.4 is 10.6 Å². The molecule has 0 spiro atoms. The number of nitrogens with zero attached hydrogens (tertiary/aromatic N) is 2. The Morgan fingerprint density at radius 2 is 2.04 bits per heavy atom. The first-order chi connectivity index (χ1) is 11.5. The lowest BCUT2D eigenvalue weighted by atomic mass is 10.1. The lowest BCUT2D eigenvalue weighted by Gasteiger charge is -2.21. The number of carbonyl (C=O) groups excluding carboxylic acids is 1. The molecule has 0 aromatic heterocycles. The van der Waals surface area contributed by atoms with Gasteiger partial charge in [-0.1, -0.05) is 12.1 Å². The number of carbonyl (C=O) groups is 1. The van der Waals surface area contributed by atoms with Crippen molar-refractivity contribution in [2.75, 3.05) is 33.7 Å². The van der Waals surface area contributed by atoms with Crippen LogP contribution in [0.15, 0.2) is 35.8 Å². The quantitative estimate of drug-likeness (QED) is 0.205. The minimum Gasteiger partial charge on any atom is -0.354 e. The molecule has 2 N–H and O–H groups in total. The number of rotatable bonds is 8. The molecule has 0 saturated carbocycles. The van der Waals surface area contributed by atoms with Gasteiger partial charge in [0.2, 0.25) is 0 Å². The summed E-state index contributed by atoms with van der Waals surface area (Å²) < 4.78 is 13.5. The van der Waals surface area contributed by atoms with Gasteiger partial charge in [0.25, 0.3) is 5.91 Å². The van der Waals surface area contributed by atoms with Gasteiger partial charge in [0.1, 0.15) is 5.82 Å². The Bertz CT molecular complexity index is 592. The molecule has 0 bridgehead atoms. The van der Waals surface area contributed by atoms with Crippen LogP contribution in [0.5, 0.6) is 0 Å². The SMILES string of the molecule is C=CCCCN(C)C(=NC)NCCNC(=O)c1ccc(C)c(F)c1.I. The maximum atomic E-state index is 13.5. The monoisotopic (exact) mass is 462 g/mol. The van der Waals surface area contributed by atoms with Gasteiger partial charge in [0.05, 0.1) is 0 Å². The van der Waals surface area contributed by atoms with Gasteiger partial charge in [0, 0.05) is 39.3 Å². The van der Waals surface area contributed by atoms with Crippen molar-refractivity contribution in [3.8, 4) is 0 Å². The average Bonchev–Trinajstić information content (AvgIpc) is 2.57. The molecule has 1 amide bonds. The molecule has 140 valence electrons. The standard InChI is InChI=1S/C18H27FN4O.HI/c1-5-6-7-12-23(4)18(20-3)22-11-10-21-17(24)15-9-8-14(2)16(19)13-15;/h5,8-9,13H,1,6-7,10-12H2,2-4H3,(H,20,22)(H,21,24);1H. The van der Waals surface area contributed by atoms with Crippen molar-refractivity contribution in [3.63, 3.8) is 0 Å². The summed E-state index contributed by atoms with van der Waals surface area (Å²) in [4.78, 5) is 18.2. The molecule has 0 radical (unpaired) electrons. The van der Waals surface area contributed by atoms with Crippen molar-refractivity contribution in [1.29, 1.82) is 0 Å². The Labute approximate surface area is 166 Å². The number of amides is 1.